The zero-order valence-corrected chi connectivity index (χ0v) is 22.9. The van der Waals surface area contributed by atoms with Gasteiger partial charge in [-0.25, -0.2) is 9.18 Å². The van der Waals surface area contributed by atoms with Crippen molar-refractivity contribution in [1.29, 1.82) is 0 Å². The zero-order valence-electron chi connectivity index (χ0n) is 22.9. The van der Waals surface area contributed by atoms with E-state index in [1.807, 2.05) is 27.7 Å². The number of nitrogens with zero attached hydrogens (tertiary/aromatic N) is 1. The fourth-order valence-electron chi connectivity index (χ4n) is 2.40. The first-order chi connectivity index (χ1) is 16.4. The maximum Gasteiger partial charge on any atom is 0.341 e. The van der Waals surface area contributed by atoms with E-state index in [4.69, 9.17) is 4.74 Å². The fraction of sp³-hybridized carbons (Fsp3) is 0.448. The molecule has 196 valence electrons. The third kappa shape index (κ3) is 14.7. The highest BCUT2D eigenvalue weighted by atomic mass is 19.1. The molecule has 0 fully saturated rings. The monoisotopic (exact) mass is 489 g/mol. The number of halogens is 1. The third-order valence-electron chi connectivity index (χ3n) is 4.03. The minimum atomic E-state index is -1.26. The molecule has 0 amide bonds. The molecule has 0 aliphatic heterocycles. The van der Waals surface area contributed by atoms with Crippen LogP contribution in [0.15, 0.2) is 64.4 Å². The summed E-state index contributed by atoms with van der Waals surface area (Å²) in [5.74, 6) is -0.816. The highest BCUT2D eigenvalue weighted by Gasteiger charge is 2.11. The Bertz CT molecular complexity index is 922. The van der Waals surface area contributed by atoms with E-state index in [2.05, 4.69) is 32.3 Å². The number of carboxylic acid groups (broad SMARTS) is 1. The van der Waals surface area contributed by atoms with Crippen molar-refractivity contribution in [3.63, 3.8) is 0 Å². The summed E-state index contributed by atoms with van der Waals surface area (Å²) in [7, 11) is 0. The van der Waals surface area contributed by atoms with Crippen molar-refractivity contribution in [3.8, 4) is 5.75 Å². The number of carboxylic acids is 1. The molecule has 0 unspecified atom stereocenters. The molecule has 1 aromatic carbocycles. The van der Waals surface area contributed by atoms with E-state index < -0.39 is 11.8 Å². The molecule has 0 saturated carbocycles. The highest BCUT2D eigenvalue weighted by Crippen LogP contribution is 2.28. The Morgan fingerprint density at radius 1 is 1.11 bits per heavy atom. The van der Waals surface area contributed by atoms with Gasteiger partial charge in [0.25, 0.3) is 0 Å². The van der Waals surface area contributed by atoms with Gasteiger partial charge in [0.15, 0.2) is 0 Å². The quantitative estimate of drug-likeness (QED) is 0.150. The van der Waals surface area contributed by atoms with Crippen LogP contribution in [-0.2, 0) is 4.79 Å². The topological polar surface area (TPSA) is 79.1 Å². The number of hydrogen-bond donors (Lipinski definition) is 2. The van der Waals surface area contributed by atoms with E-state index in [-0.39, 0.29) is 11.3 Å². The molecule has 0 heterocycles. The lowest BCUT2D eigenvalue weighted by Crippen LogP contribution is -2.06. The molecule has 0 atom stereocenters. The van der Waals surface area contributed by atoms with Crippen molar-refractivity contribution in [2.24, 2.45) is 10.9 Å². The summed E-state index contributed by atoms with van der Waals surface area (Å²) < 4.78 is 19.0. The van der Waals surface area contributed by atoms with E-state index in [1.54, 1.807) is 26.0 Å². The number of carbonyl (C=O) groups is 1. The minimum Gasteiger partial charge on any atom is -0.507 e. The number of benzene rings is 1. The Morgan fingerprint density at radius 3 is 2.14 bits per heavy atom. The second-order valence-corrected chi connectivity index (χ2v) is 8.12. The summed E-state index contributed by atoms with van der Waals surface area (Å²) in [5.41, 5.74) is 2.37. The van der Waals surface area contributed by atoms with Crippen molar-refractivity contribution in [2.75, 3.05) is 13.2 Å². The molecule has 2 N–H and O–H groups in total. The minimum absolute atomic E-state index is 0.276. The van der Waals surface area contributed by atoms with Crippen LogP contribution in [-0.4, -0.2) is 35.5 Å². The van der Waals surface area contributed by atoms with Crippen molar-refractivity contribution in [3.05, 3.63) is 70.8 Å². The largest absolute Gasteiger partial charge is 0.507 e. The van der Waals surface area contributed by atoms with Gasteiger partial charge < -0.3 is 14.9 Å². The van der Waals surface area contributed by atoms with E-state index in [0.29, 0.717) is 35.6 Å². The molecular formula is C29H44FNO4. The van der Waals surface area contributed by atoms with Crippen LogP contribution in [0.25, 0.3) is 5.57 Å². The number of hydrogen-bond acceptors (Lipinski definition) is 4. The van der Waals surface area contributed by atoms with Crippen molar-refractivity contribution >= 4 is 17.8 Å². The molecule has 0 aliphatic rings. The molecule has 0 spiro atoms. The molecule has 1 rings (SSSR count). The Labute approximate surface area is 211 Å². The normalized spacial score (nSPS) is 12.3. The molecule has 0 aromatic heterocycles. The van der Waals surface area contributed by atoms with Gasteiger partial charge in [-0.2, -0.15) is 0 Å². The van der Waals surface area contributed by atoms with Crippen LogP contribution >= 0.6 is 0 Å². The van der Waals surface area contributed by atoms with Crippen LogP contribution in [0.4, 0.5) is 4.39 Å². The lowest BCUT2D eigenvalue weighted by Gasteiger charge is -2.11. The number of aliphatic imine (C=N–C) groups is 1. The summed E-state index contributed by atoms with van der Waals surface area (Å²) in [6.45, 7) is 22.7. The average Bonchev–Trinajstić information content (AvgIpc) is 2.77. The summed E-state index contributed by atoms with van der Waals surface area (Å²) in [5, 5.41) is 19.5. The van der Waals surface area contributed by atoms with Gasteiger partial charge in [0, 0.05) is 24.4 Å². The van der Waals surface area contributed by atoms with Gasteiger partial charge >= 0.3 is 5.97 Å². The van der Waals surface area contributed by atoms with E-state index in [1.165, 1.54) is 18.2 Å². The van der Waals surface area contributed by atoms with Gasteiger partial charge in [0.1, 0.15) is 22.9 Å². The fourth-order valence-corrected chi connectivity index (χ4v) is 2.40. The molecule has 6 heteroatoms. The maximum atomic E-state index is 13.5. The zero-order chi connectivity index (χ0) is 27.6. The highest BCUT2D eigenvalue weighted by molar-refractivity contribution is 6.09. The Kier molecular flexibility index (Phi) is 18.6. The van der Waals surface area contributed by atoms with E-state index in [0.717, 1.165) is 24.1 Å². The number of allylic oxidation sites excluding steroid dienone is 5. The second kappa shape index (κ2) is 19.2. The molecular weight excluding hydrogens is 445 g/mol. The number of rotatable bonds is 10. The van der Waals surface area contributed by atoms with Gasteiger partial charge in [-0.3, -0.25) is 4.99 Å². The Morgan fingerprint density at radius 2 is 1.66 bits per heavy atom. The van der Waals surface area contributed by atoms with Crippen LogP contribution in [0.2, 0.25) is 0 Å². The molecule has 5 nitrogen and oxygen atoms in total. The van der Waals surface area contributed by atoms with Crippen LogP contribution in [0.1, 0.15) is 74.3 Å². The van der Waals surface area contributed by atoms with Gasteiger partial charge in [0.2, 0.25) is 0 Å². The van der Waals surface area contributed by atoms with Crippen LogP contribution in [0.5, 0.6) is 5.75 Å². The molecule has 0 radical (unpaired) electrons. The van der Waals surface area contributed by atoms with E-state index in [9.17, 15) is 19.4 Å². The standard InChI is InChI=1S/C23H28FNO4.C4H10.C2H6/c1-6-10-25-14-20(23(27)28)21(26)12-16(4)15(3)11-17(5)19-9-8-18(24)13-22(19)29-7-2;1-4(2)3;1-2/h8-9,11-14,26H,5-7,10H2,1-4H3,(H,27,28);4H,1-3H3;1-2H3/b15-11+,16-12+,21-20-,25-14?;;. The summed E-state index contributed by atoms with van der Waals surface area (Å²) in [4.78, 5) is 15.3. The third-order valence-corrected chi connectivity index (χ3v) is 4.03. The average molecular weight is 490 g/mol. The van der Waals surface area contributed by atoms with Gasteiger partial charge in [-0.05, 0) is 68.0 Å². The first kappa shape index (κ1) is 34.0. The van der Waals surface area contributed by atoms with Crippen LogP contribution in [0.3, 0.4) is 0 Å². The smallest absolute Gasteiger partial charge is 0.341 e. The van der Waals surface area contributed by atoms with E-state index >= 15 is 0 Å². The lowest BCUT2D eigenvalue weighted by atomic mass is 10.00. The first-order valence-electron chi connectivity index (χ1n) is 12.1. The number of aliphatic carboxylic acids is 1. The van der Waals surface area contributed by atoms with Crippen LogP contribution in [0, 0.1) is 11.7 Å². The predicted octanol–water partition coefficient (Wildman–Crippen LogP) is 8.20. The SMILES string of the molecule is C=C(/C=C(C)/C(C)=C/C(O)=C(\C=NCCC)C(=O)O)c1ccc(F)cc1OCC.CC.CC(C)C. The first-order valence-corrected chi connectivity index (χ1v) is 12.1. The number of aliphatic hydroxyl groups is 1. The maximum absolute atomic E-state index is 13.5. The van der Waals surface area contributed by atoms with Crippen molar-refractivity contribution in [1.82, 2.24) is 0 Å². The van der Waals surface area contributed by atoms with Crippen molar-refractivity contribution < 1.29 is 24.1 Å². The van der Waals surface area contributed by atoms with Gasteiger partial charge in [0.05, 0.1) is 6.61 Å². The molecule has 0 aliphatic carbocycles. The van der Waals surface area contributed by atoms with Gasteiger partial charge in [-0.15, -0.1) is 0 Å². The summed E-state index contributed by atoms with van der Waals surface area (Å²) in [6, 6.07) is 4.23. The Hall–Kier alpha value is -3.15. The van der Waals surface area contributed by atoms with Gasteiger partial charge in [-0.1, -0.05) is 54.2 Å². The predicted molar refractivity (Wildman–Crippen MR) is 147 cm³/mol. The molecule has 35 heavy (non-hydrogen) atoms. The van der Waals surface area contributed by atoms with Crippen molar-refractivity contribution in [2.45, 2.75) is 68.7 Å². The van der Waals surface area contributed by atoms with Crippen LogP contribution < -0.4 is 4.74 Å². The second-order valence-electron chi connectivity index (χ2n) is 8.12. The number of ether oxygens (including phenoxy) is 1. The molecule has 0 saturated heterocycles. The Balaban J connectivity index is 0. The summed E-state index contributed by atoms with van der Waals surface area (Å²) in [6.07, 6.45) is 5.07. The summed E-state index contributed by atoms with van der Waals surface area (Å²) >= 11 is 0. The number of aliphatic hydroxyl groups excluding tert-OH is 1. The molecule has 1 aromatic rings. The molecule has 0 bridgehead atoms. The lowest BCUT2D eigenvalue weighted by molar-refractivity contribution is -0.132.